The minimum atomic E-state index is -0.141. The Labute approximate surface area is 186 Å². The van der Waals surface area contributed by atoms with Gasteiger partial charge in [-0.1, -0.05) is 31.4 Å². The van der Waals surface area contributed by atoms with Crippen LogP contribution >= 0.6 is 0 Å². The Morgan fingerprint density at radius 2 is 1.39 bits per heavy atom. The summed E-state index contributed by atoms with van der Waals surface area (Å²) < 4.78 is 16.9. The van der Waals surface area contributed by atoms with Crippen molar-refractivity contribution in [3.8, 4) is 5.75 Å². The van der Waals surface area contributed by atoms with Gasteiger partial charge in [-0.15, -0.1) is 0 Å². The molecule has 0 heterocycles. The van der Waals surface area contributed by atoms with Gasteiger partial charge in [0.05, 0.1) is 18.0 Å². The van der Waals surface area contributed by atoms with Gasteiger partial charge in [0.25, 0.3) is 0 Å². The monoisotopic (exact) mass is 424 g/mol. The number of azo groups is 1. The third-order valence-electron chi connectivity index (χ3n) is 5.65. The van der Waals surface area contributed by atoms with Gasteiger partial charge < -0.3 is 14.2 Å². The number of nitrogens with zero attached hydrogens (tertiary/aromatic N) is 2. The standard InChI is InChI=1S/C26H36N2O3/c1-3-29-26(30-4-2)11-8-20-31-25-18-16-24(17-19-25)28-27-23-14-12-22(13-15-23)21-9-6-5-7-10-21/h12-19,21,26H,3-11,20H2,1-2H3. The van der Waals surface area contributed by atoms with Crippen molar-refractivity contribution in [3.05, 3.63) is 54.1 Å². The molecule has 0 aliphatic heterocycles. The molecule has 168 valence electrons. The zero-order valence-electron chi connectivity index (χ0n) is 19.0. The highest BCUT2D eigenvalue weighted by Crippen LogP contribution is 2.33. The van der Waals surface area contributed by atoms with Gasteiger partial charge in [0.2, 0.25) is 0 Å². The summed E-state index contributed by atoms with van der Waals surface area (Å²) >= 11 is 0. The molecule has 1 aliphatic rings. The third kappa shape index (κ3) is 8.08. The Balaban J connectivity index is 1.43. The lowest BCUT2D eigenvalue weighted by Gasteiger charge is -2.21. The number of ether oxygens (including phenoxy) is 3. The second-order valence-corrected chi connectivity index (χ2v) is 7.95. The van der Waals surface area contributed by atoms with Crippen molar-refractivity contribution in [2.24, 2.45) is 10.2 Å². The first-order chi connectivity index (χ1) is 15.3. The molecule has 0 saturated heterocycles. The maximum Gasteiger partial charge on any atom is 0.157 e. The molecule has 0 unspecified atom stereocenters. The fourth-order valence-corrected chi connectivity index (χ4v) is 4.00. The normalized spacial score (nSPS) is 15.1. The summed E-state index contributed by atoms with van der Waals surface area (Å²) in [6.07, 6.45) is 8.28. The molecule has 0 aromatic heterocycles. The van der Waals surface area contributed by atoms with Gasteiger partial charge >= 0.3 is 0 Å². The molecular weight excluding hydrogens is 388 g/mol. The Hall–Kier alpha value is -2.24. The lowest BCUT2D eigenvalue weighted by atomic mass is 9.84. The minimum Gasteiger partial charge on any atom is -0.494 e. The fourth-order valence-electron chi connectivity index (χ4n) is 4.00. The highest BCUT2D eigenvalue weighted by atomic mass is 16.7. The van der Waals surface area contributed by atoms with E-state index in [1.807, 2.05) is 38.1 Å². The molecule has 5 nitrogen and oxygen atoms in total. The van der Waals surface area contributed by atoms with E-state index < -0.39 is 0 Å². The molecule has 1 saturated carbocycles. The molecule has 0 N–H and O–H groups in total. The van der Waals surface area contributed by atoms with Crippen LogP contribution in [-0.4, -0.2) is 26.1 Å². The zero-order chi connectivity index (χ0) is 21.7. The molecule has 1 aliphatic carbocycles. The van der Waals surface area contributed by atoms with Crippen LogP contribution in [0.25, 0.3) is 0 Å². The van der Waals surface area contributed by atoms with Crippen LogP contribution in [0.3, 0.4) is 0 Å². The Bertz CT molecular complexity index is 762. The van der Waals surface area contributed by atoms with E-state index in [4.69, 9.17) is 14.2 Å². The summed E-state index contributed by atoms with van der Waals surface area (Å²) in [4.78, 5) is 0. The Kier molecular flexibility index (Phi) is 10.00. The molecule has 2 aromatic carbocycles. The molecule has 1 fully saturated rings. The van der Waals surface area contributed by atoms with Crippen molar-refractivity contribution < 1.29 is 14.2 Å². The van der Waals surface area contributed by atoms with Crippen LogP contribution in [0.15, 0.2) is 58.8 Å². The largest absolute Gasteiger partial charge is 0.494 e. The predicted molar refractivity (Wildman–Crippen MR) is 125 cm³/mol. The molecule has 0 spiro atoms. The summed E-state index contributed by atoms with van der Waals surface area (Å²) in [5.41, 5.74) is 3.14. The topological polar surface area (TPSA) is 52.4 Å². The van der Waals surface area contributed by atoms with E-state index in [0.29, 0.717) is 19.8 Å². The molecule has 0 radical (unpaired) electrons. The highest BCUT2D eigenvalue weighted by Gasteiger charge is 2.15. The maximum absolute atomic E-state index is 5.82. The molecule has 0 bridgehead atoms. The van der Waals surface area contributed by atoms with Crippen molar-refractivity contribution in [1.82, 2.24) is 0 Å². The lowest BCUT2D eigenvalue weighted by Crippen LogP contribution is -2.18. The first kappa shape index (κ1) is 23.4. The van der Waals surface area contributed by atoms with Crippen molar-refractivity contribution in [2.75, 3.05) is 19.8 Å². The number of hydrogen-bond acceptors (Lipinski definition) is 5. The van der Waals surface area contributed by atoms with Gasteiger partial charge in [-0.25, -0.2) is 0 Å². The first-order valence-electron chi connectivity index (χ1n) is 11.8. The molecular formula is C26H36N2O3. The van der Waals surface area contributed by atoms with Crippen molar-refractivity contribution in [3.63, 3.8) is 0 Å². The van der Waals surface area contributed by atoms with Crippen LogP contribution in [0, 0.1) is 0 Å². The first-order valence-corrected chi connectivity index (χ1v) is 11.8. The molecule has 2 aromatic rings. The molecule has 0 amide bonds. The number of hydrogen-bond donors (Lipinski definition) is 0. The van der Waals surface area contributed by atoms with Crippen LogP contribution in [0.5, 0.6) is 5.75 Å². The summed E-state index contributed by atoms with van der Waals surface area (Å²) in [5, 5.41) is 8.74. The van der Waals surface area contributed by atoms with E-state index >= 15 is 0 Å². The van der Waals surface area contributed by atoms with Crippen molar-refractivity contribution in [1.29, 1.82) is 0 Å². The third-order valence-corrected chi connectivity index (χ3v) is 5.65. The van der Waals surface area contributed by atoms with E-state index in [-0.39, 0.29) is 6.29 Å². The van der Waals surface area contributed by atoms with Crippen molar-refractivity contribution >= 4 is 11.4 Å². The average Bonchev–Trinajstić information content (AvgIpc) is 2.82. The molecule has 5 heteroatoms. The summed E-state index contributed by atoms with van der Waals surface area (Å²) in [7, 11) is 0. The smallest absolute Gasteiger partial charge is 0.157 e. The van der Waals surface area contributed by atoms with E-state index in [9.17, 15) is 0 Å². The van der Waals surface area contributed by atoms with Crippen LogP contribution < -0.4 is 4.74 Å². The van der Waals surface area contributed by atoms with E-state index in [1.165, 1.54) is 37.7 Å². The van der Waals surface area contributed by atoms with Crippen molar-refractivity contribution in [2.45, 2.75) is 71.0 Å². The predicted octanol–water partition coefficient (Wildman–Crippen LogP) is 7.71. The van der Waals surface area contributed by atoms with Gasteiger partial charge in [0.15, 0.2) is 6.29 Å². The quantitative estimate of drug-likeness (QED) is 0.199. The number of rotatable bonds is 12. The summed E-state index contributed by atoms with van der Waals surface area (Å²) in [5.74, 6) is 1.55. The minimum absolute atomic E-state index is 0.141. The molecule has 3 rings (SSSR count). The highest BCUT2D eigenvalue weighted by molar-refractivity contribution is 5.43. The van der Waals surface area contributed by atoms with Crippen LogP contribution in [0.2, 0.25) is 0 Å². The van der Waals surface area contributed by atoms with E-state index in [1.54, 1.807) is 0 Å². The maximum atomic E-state index is 5.82. The lowest BCUT2D eigenvalue weighted by molar-refractivity contribution is -0.140. The summed E-state index contributed by atoms with van der Waals surface area (Å²) in [6, 6.07) is 16.3. The van der Waals surface area contributed by atoms with Gasteiger partial charge in [0.1, 0.15) is 5.75 Å². The Morgan fingerprint density at radius 1 is 0.806 bits per heavy atom. The van der Waals surface area contributed by atoms with E-state index in [0.717, 1.165) is 35.9 Å². The molecule has 0 atom stereocenters. The van der Waals surface area contributed by atoms with Gasteiger partial charge in [-0.3, -0.25) is 0 Å². The average molecular weight is 425 g/mol. The number of benzene rings is 2. The van der Waals surface area contributed by atoms with Crippen LogP contribution in [0.1, 0.15) is 70.3 Å². The van der Waals surface area contributed by atoms with E-state index in [2.05, 4.69) is 34.5 Å². The molecule has 31 heavy (non-hydrogen) atoms. The second-order valence-electron chi connectivity index (χ2n) is 7.95. The van der Waals surface area contributed by atoms with Crippen LogP contribution in [0.4, 0.5) is 11.4 Å². The Morgan fingerprint density at radius 3 is 1.97 bits per heavy atom. The van der Waals surface area contributed by atoms with Gasteiger partial charge in [-0.05, 0) is 81.0 Å². The van der Waals surface area contributed by atoms with Crippen LogP contribution in [-0.2, 0) is 9.47 Å². The SMILES string of the molecule is CCOC(CCCOc1ccc(N=Nc2ccc(C3CCCCC3)cc2)cc1)OCC. The fraction of sp³-hybridized carbons (Fsp3) is 0.538. The van der Waals surface area contributed by atoms with Gasteiger partial charge in [-0.2, -0.15) is 10.2 Å². The second kappa shape index (κ2) is 13.2. The summed E-state index contributed by atoms with van der Waals surface area (Å²) in [6.45, 7) is 5.91. The van der Waals surface area contributed by atoms with Gasteiger partial charge in [0, 0.05) is 19.6 Å². The zero-order valence-corrected chi connectivity index (χ0v) is 19.0.